The highest BCUT2D eigenvalue weighted by molar-refractivity contribution is 8.03. The van der Waals surface area contributed by atoms with Gasteiger partial charge in [-0.05, 0) is 11.5 Å². The average Bonchev–Trinajstić information content (AvgIpc) is 2.13. The van der Waals surface area contributed by atoms with E-state index >= 15 is 0 Å². The first-order valence-electron chi connectivity index (χ1n) is 3.24. The molecule has 0 aromatic rings. The Hall–Kier alpha value is -0.170. The number of hydrogen-bond donors (Lipinski definition) is 0. The van der Waals surface area contributed by atoms with E-state index in [1.54, 1.807) is 0 Å². The van der Waals surface area contributed by atoms with E-state index in [2.05, 4.69) is 26.5 Å². The standard InChI is InChI=1S/C8H12S/c1-6(2)8-4-5-9-7(8)3/h4,6H,3,5H2,1-2H3. The Balaban J connectivity index is 2.68. The Bertz CT molecular complexity index is 154. The van der Waals surface area contributed by atoms with Crippen LogP contribution in [-0.4, -0.2) is 5.75 Å². The highest BCUT2D eigenvalue weighted by Gasteiger charge is 2.11. The van der Waals surface area contributed by atoms with Crippen molar-refractivity contribution in [1.29, 1.82) is 0 Å². The molecule has 1 heterocycles. The van der Waals surface area contributed by atoms with Gasteiger partial charge in [0.15, 0.2) is 0 Å². The van der Waals surface area contributed by atoms with Crippen LogP contribution in [-0.2, 0) is 0 Å². The lowest BCUT2D eigenvalue weighted by Crippen LogP contribution is -1.89. The SMILES string of the molecule is C=C1SCC=C1C(C)C. The molecule has 0 unspecified atom stereocenters. The Morgan fingerprint density at radius 2 is 2.33 bits per heavy atom. The molecular weight excluding hydrogens is 128 g/mol. The zero-order valence-electron chi connectivity index (χ0n) is 5.98. The summed E-state index contributed by atoms with van der Waals surface area (Å²) in [6.45, 7) is 8.37. The summed E-state index contributed by atoms with van der Waals surface area (Å²) >= 11 is 1.85. The topological polar surface area (TPSA) is 0 Å². The fourth-order valence-corrected chi connectivity index (χ4v) is 1.94. The lowest BCUT2D eigenvalue weighted by molar-refractivity contribution is 0.790. The minimum Gasteiger partial charge on any atom is -0.122 e. The van der Waals surface area contributed by atoms with Crippen LogP contribution in [0.2, 0.25) is 0 Å². The zero-order chi connectivity index (χ0) is 6.85. The normalized spacial score (nSPS) is 19.0. The molecule has 0 bridgehead atoms. The quantitative estimate of drug-likeness (QED) is 0.539. The van der Waals surface area contributed by atoms with Crippen LogP contribution in [0.25, 0.3) is 0 Å². The van der Waals surface area contributed by atoms with Crippen molar-refractivity contribution < 1.29 is 0 Å². The van der Waals surface area contributed by atoms with E-state index in [-0.39, 0.29) is 0 Å². The van der Waals surface area contributed by atoms with E-state index in [4.69, 9.17) is 0 Å². The van der Waals surface area contributed by atoms with Gasteiger partial charge in [-0.25, -0.2) is 0 Å². The first-order valence-corrected chi connectivity index (χ1v) is 4.22. The second-order valence-electron chi connectivity index (χ2n) is 2.55. The van der Waals surface area contributed by atoms with Crippen molar-refractivity contribution in [2.75, 3.05) is 5.75 Å². The molecule has 1 aliphatic heterocycles. The summed E-state index contributed by atoms with van der Waals surface area (Å²) in [5.74, 6) is 1.79. The van der Waals surface area contributed by atoms with E-state index in [1.807, 2.05) is 11.8 Å². The van der Waals surface area contributed by atoms with Gasteiger partial charge >= 0.3 is 0 Å². The molecule has 0 spiro atoms. The van der Waals surface area contributed by atoms with Crippen LogP contribution in [0.3, 0.4) is 0 Å². The van der Waals surface area contributed by atoms with Crippen molar-refractivity contribution in [2.45, 2.75) is 13.8 Å². The summed E-state index contributed by atoms with van der Waals surface area (Å²) in [6, 6.07) is 0. The van der Waals surface area contributed by atoms with Gasteiger partial charge in [0.2, 0.25) is 0 Å². The number of allylic oxidation sites excluding steroid dienone is 1. The average molecular weight is 140 g/mol. The van der Waals surface area contributed by atoms with Gasteiger partial charge < -0.3 is 0 Å². The van der Waals surface area contributed by atoms with Gasteiger partial charge in [-0.3, -0.25) is 0 Å². The van der Waals surface area contributed by atoms with Crippen LogP contribution < -0.4 is 0 Å². The Morgan fingerprint density at radius 1 is 1.67 bits per heavy atom. The molecule has 0 aromatic carbocycles. The zero-order valence-corrected chi connectivity index (χ0v) is 6.79. The molecular formula is C8H12S. The van der Waals surface area contributed by atoms with Crippen LogP contribution in [0, 0.1) is 5.92 Å². The molecule has 9 heavy (non-hydrogen) atoms. The highest BCUT2D eigenvalue weighted by Crippen LogP contribution is 2.33. The monoisotopic (exact) mass is 140 g/mol. The molecule has 1 rings (SSSR count). The van der Waals surface area contributed by atoms with E-state index < -0.39 is 0 Å². The lowest BCUT2D eigenvalue weighted by Gasteiger charge is -2.05. The van der Waals surface area contributed by atoms with Crippen LogP contribution in [0.5, 0.6) is 0 Å². The minimum absolute atomic E-state index is 0.660. The summed E-state index contributed by atoms with van der Waals surface area (Å²) in [7, 11) is 0. The van der Waals surface area contributed by atoms with E-state index in [0.29, 0.717) is 5.92 Å². The molecule has 1 aliphatic rings. The van der Waals surface area contributed by atoms with Crippen molar-refractivity contribution in [2.24, 2.45) is 5.92 Å². The fraction of sp³-hybridized carbons (Fsp3) is 0.500. The summed E-state index contributed by atoms with van der Waals surface area (Å²) in [5, 5.41) is 0. The summed E-state index contributed by atoms with van der Waals surface area (Å²) in [5.41, 5.74) is 1.44. The number of thioether (sulfide) groups is 1. The second kappa shape index (κ2) is 2.61. The van der Waals surface area contributed by atoms with Crippen LogP contribution in [0.1, 0.15) is 13.8 Å². The first kappa shape index (κ1) is 6.94. The van der Waals surface area contributed by atoms with Gasteiger partial charge in [0.05, 0.1) is 0 Å². The maximum atomic E-state index is 3.95. The van der Waals surface area contributed by atoms with Gasteiger partial charge in [0.25, 0.3) is 0 Å². The molecule has 0 saturated carbocycles. The highest BCUT2D eigenvalue weighted by atomic mass is 32.2. The summed E-state index contributed by atoms with van der Waals surface area (Å²) in [6.07, 6.45) is 2.28. The summed E-state index contributed by atoms with van der Waals surface area (Å²) < 4.78 is 0. The minimum atomic E-state index is 0.660. The molecule has 0 amide bonds. The second-order valence-corrected chi connectivity index (χ2v) is 3.66. The summed E-state index contributed by atoms with van der Waals surface area (Å²) in [4.78, 5) is 1.27. The molecule has 0 aromatic heterocycles. The predicted molar refractivity (Wildman–Crippen MR) is 44.5 cm³/mol. The molecule has 0 saturated heterocycles. The maximum absolute atomic E-state index is 3.95. The molecule has 0 radical (unpaired) electrons. The molecule has 0 aliphatic carbocycles. The first-order chi connectivity index (χ1) is 4.22. The van der Waals surface area contributed by atoms with Gasteiger partial charge in [-0.2, -0.15) is 0 Å². The van der Waals surface area contributed by atoms with Crippen LogP contribution in [0.4, 0.5) is 0 Å². The van der Waals surface area contributed by atoms with Gasteiger partial charge in [0.1, 0.15) is 0 Å². The molecule has 1 heteroatoms. The molecule has 0 N–H and O–H groups in total. The van der Waals surface area contributed by atoms with Gasteiger partial charge in [0, 0.05) is 10.7 Å². The van der Waals surface area contributed by atoms with Crippen LogP contribution in [0.15, 0.2) is 23.1 Å². The van der Waals surface area contributed by atoms with Gasteiger partial charge in [-0.1, -0.05) is 26.5 Å². The third kappa shape index (κ3) is 1.39. The van der Waals surface area contributed by atoms with Crippen molar-refractivity contribution in [3.8, 4) is 0 Å². The lowest BCUT2D eigenvalue weighted by atomic mass is 10.0. The van der Waals surface area contributed by atoms with E-state index in [9.17, 15) is 0 Å². The molecule has 0 atom stereocenters. The van der Waals surface area contributed by atoms with Gasteiger partial charge in [-0.15, -0.1) is 11.8 Å². The molecule has 0 nitrogen and oxygen atoms in total. The maximum Gasteiger partial charge on any atom is 0.0166 e. The number of hydrogen-bond acceptors (Lipinski definition) is 1. The van der Waals surface area contributed by atoms with E-state index in [1.165, 1.54) is 10.5 Å². The largest absolute Gasteiger partial charge is 0.122 e. The predicted octanol–water partition coefficient (Wildman–Crippen LogP) is 2.83. The van der Waals surface area contributed by atoms with Crippen molar-refractivity contribution in [3.05, 3.63) is 23.1 Å². The number of rotatable bonds is 1. The Labute approximate surface area is 61.0 Å². The third-order valence-corrected chi connectivity index (χ3v) is 2.42. The van der Waals surface area contributed by atoms with Crippen LogP contribution >= 0.6 is 11.8 Å². The van der Waals surface area contributed by atoms with Crippen molar-refractivity contribution in [3.63, 3.8) is 0 Å². The molecule has 0 fully saturated rings. The van der Waals surface area contributed by atoms with Crippen molar-refractivity contribution >= 4 is 11.8 Å². The van der Waals surface area contributed by atoms with E-state index in [0.717, 1.165) is 5.75 Å². The Kier molecular flexibility index (Phi) is 2.01. The smallest absolute Gasteiger partial charge is 0.0166 e. The molecule has 50 valence electrons. The Morgan fingerprint density at radius 3 is 2.56 bits per heavy atom. The third-order valence-electron chi connectivity index (χ3n) is 1.50. The van der Waals surface area contributed by atoms with Crippen molar-refractivity contribution in [1.82, 2.24) is 0 Å². The fourth-order valence-electron chi connectivity index (χ4n) is 0.987.